The van der Waals surface area contributed by atoms with Crippen molar-refractivity contribution >= 4 is 23.2 Å². The van der Waals surface area contributed by atoms with Crippen molar-refractivity contribution in [2.24, 2.45) is 0 Å². The molecule has 0 aliphatic carbocycles. The van der Waals surface area contributed by atoms with Gasteiger partial charge in [-0.1, -0.05) is 0 Å². The normalized spacial score (nSPS) is 10.1. The second kappa shape index (κ2) is 6.16. The Labute approximate surface area is 119 Å². The first-order valence-electron chi connectivity index (χ1n) is 5.92. The zero-order valence-electron chi connectivity index (χ0n) is 11.0. The fourth-order valence-corrected chi connectivity index (χ4v) is 1.62. The number of carbonyl (C=O) groups is 1. The van der Waals surface area contributed by atoms with Gasteiger partial charge in [0.2, 0.25) is 0 Å². The molecule has 0 aliphatic rings. The van der Waals surface area contributed by atoms with E-state index >= 15 is 0 Å². The first kappa shape index (κ1) is 14.7. The molecule has 7 nitrogen and oxygen atoms in total. The molecule has 0 saturated heterocycles. The molecule has 0 fully saturated rings. The Morgan fingerprint density at radius 3 is 2.76 bits per heavy atom. The summed E-state index contributed by atoms with van der Waals surface area (Å²) >= 11 is 0. The molecule has 110 valence electrons. The van der Waals surface area contributed by atoms with Crippen LogP contribution in [-0.4, -0.2) is 16.2 Å². The zero-order valence-corrected chi connectivity index (χ0v) is 11.0. The number of anilines is 3. The van der Waals surface area contributed by atoms with Gasteiger partial charge in [-0.2, -0.15) is 0 Å². The lowest BCUT2D eigenvalue weighted by molar-refractivity contribution is 0.262. The van der Waals surface area contributed by atoms with Crippen molar-refractivity contribution in [2.75, 3.05) is 15.9 Å². The molecule has 0 atom stereocenters. The van der Waals surface area contributed by atoms with Gasteiger partial charge in [0.05, 0.1) is 5.69 Å². The molecule has 0 bridgehead atoms. The number of nitrogens with one attached hydrogen (secondary N) is 2. The number of carbonyl (C=O) groups excluding carboxylic acids is 1. The maximum atomic E-state index is 13.2. The Bertz CT molecular complexity index is 664. The van der Waals surface area contributed by atoms with Crippen molar-refractivity contribution in [3.8, 4) is 0 Å². The Hall–Kier alpha value is -2.71. The van der Waals surface area contributed by atoms with Crippen molar-refractivity contribution in [3.05, 3.63) is 53.1 Å². The van der Waals surface area contributed by atoms with Crippen LogP contribution in [0.15, 0.2) is 36.5 Å². The minimum atomic E-state index is -0.904. The summed E-state index contributed by atoms with van der Waals surface area (Å²) in [5.41, 5.74) is 0.472. The van der Waals surface area contributed by atoms with Crippen molar-refractivity contribution in [3.63, 3.8) is 0 Å². The molecule has 2 rings (SSSR count). The molecule has 2 amide bonds. The van der Waals surface area contributed by atoms with Gasteiger partial charge < -0.3 is 15.8 Å². The molecule has 0 spiro atoms. The third kappa shape index (κ3) is 3.88. The number of aryl methyl sites for hydroxylation is 1. The third-order valence-corrected chi connectivity index (χ3v) is 2.57. The first-order valence-corrected chi connectivity index (χ1v) is 5.92. The highest BCUT2D eigenvalue weighted by Gasteiger charge is 2.08. The molecule has 21 heavy (non-hydrogen) atoms. The standard InChI is InChI=1S/C13H12FN4O3/c1-8-4-5-15-12(6-8)17-13(19)16-9-2-3-10(14)11(7-9)18(20)21/h2-7,20H,1H3,(H2,15,16,17,19)/q-1. The van der Waals surface area contributed by atoms with Crippen molar-refractivity contribution < 1.29 is 14.4 Å². The summed E-state index contributed by atoms with van der Waals surface area (Å²) in [4.78, 5) is 15.7. The van der Waals surface area contributed by atoms with E-state index in [-0.39, 0.29) is 5.69 Å². The van der Waals surface area contributed by atoms with Crippen LogP contribution < -0.4 is 15.9 Å². The van der Waals surface area contributed by atoms with E-state index < -0.39 is 22.8 Å². The maximum Gasteiger partial charge on any atom is 0.324 e. The molecule has 8 heteroatoms. The molecule has 0 saturated carbocycles. The summed E-state index contributed by atoms with van der Waals surface area (Å²) in [6, 6.07) is 6.05. The molecular formula is C13H12FN4O3-. The van der Waals surface area contributed by atoms with Crippen molar-refractivity contribution in [1.82, 2.24) is 4.98 Å². The van der Waals surface area contributed by atoms with Gasteiger partial charge in [-0.05, 0) is 42.8 Å². The van der Waals surface area contributed by atoms with E-state index in [1.807, 2.05) is 6.92 Å². The number of halogens is 1. The average Bonchev–Trinajstić information content (AvgIpc) is 2.40. The Morgan fingerprint density at radius 1 is 1.33 bits per heavy atom. The molecule has 1 heterocycles. The van der Waals surface area contributed by atoms with E-state index in [0.29, 0.717) is 5.82 Å². The Balaban J connectivity index is 2.08. The number of nitrogens with zero attached hydrogens (tertiary/aromatic N) is 2. The highest BCUT2D eigenvalue weighted by Crippen LogP contribution is 2.22. The monoisotopic (exact) mass is 291 g/mol. The summed E-state index contributed by atoms with van der Waals surface area (Å²) in [5, 5.41) is 23.7. The SMILES string of the molecule is Cc1ccnc(NC(=O)Nc2ccc(F)c(N([O-])O)c2)c1. The molecule has 0 radical (unpaired) electrons. The van der Waals surface area contributed by atoms with Crippen LogP contribution in [0.3, 0.4) is 0 Å². The molecule has 0 aliphatic heterocycles. The highest BCUT2D eigenvalue weighted by atomic mass is 19.1. The number of pyridine rings is 1. The molecule has 0 unspecified atom stereocenters. The van der Waals surface area contributed by atoms with E-state index in [4.69, 9.17) is 5.21 Å². The van der Waals surface area contributed by atoms with Crippen molar-refractivity contribution in [2.45, 2.75) is 6.92 Å². The van der Waals surface area contributed by atoms with Gasteiger partial charge in [0.1, 0.15) is 11.6 Å². The Kier molecular flexibility index (Phi) is 4.31. The zero-order chi connectivity index (χ0) is 15.4. The predicted octanol–water partition coefficient (Wildman–Crippen LogP) is 2.87. The summed E-state index contributed by atoms with van der Waals surface area (Å²) in [7, 11) is 0. The largest absolute Gasteiger partial charge is 0.733 e. The second-order valence-electron chi connectivity index (χ2n) is 4.24. The van der Waals surface area contributed by atoms with Gasteiger partial charge >= 0.3 is 6.03 Å². The maximum absolute atomic E-state index is 13.2. The van der Waals surface area contributed by atoms with Gasteiger partial charge in [0, 0.05) is 11.9 Å². The number of hydrogen-bond donors (Lipinski definition) is 3. The minimum Gasteiger partial charge on any atom is -0.733 e. The number of benzene rings is 1. The third-order valence-electron chi connectivity index (χ3n) is 2.57. The average molecular weight is 291 g/mol. The molecule has 1 aromatic heterocycles. The number of urea groups is 1. The van der Waals surface area contributed by atoms with E-state index in [2.05, 4.69) is 15.6 Å². The fourth-order valence-electron chi connectivity index (χ4n) is 1.62. The van der Waals surface area contributed by atoms with E-state index in [1.54, 1.807) is 18.3 Å². The summed E-state index contributed by atoms with van der Waals surface area (Å²) in [6.07, 6.45) is 1.54. The van der Waals surface area contributed by atoms with E-state index in [1.165, 1.54) is 6.07 Å². The second-order valence-corrected chi connectivity index (χ2v) is 4.24. The molecule has 2 aromatic rings. The molecule has 3 N–H and O–H groups in total. The van der Waals surface area contributed by atoms with Crippen LogP contribution in [0.1, 0.15) is 5.56 Å². The summed E-state index contributed by atoms with van der Waals surface area (Å²) in [6.45, 7) is 1.85. The van der Waals surface area contributed by atoms with Crippen LogP contribution in [0, 0.1) is 17.9 Å². The number of aromatic nitrogens is 1. The number of amides is 2. The fraction of sp³-hybridized carbons (Fsp3) is 0.0769. The predicted molar refractivity (Wildman–Crippen MR) is 75.6 cm³/mol. The van der Waals surface area contributed by atoms with Gasteiger partial charge in [-0.3, -0.25) is 10.5 Å². The topological polar surface area (TPSA) is 101 Å². The van der Waals surface area contributed by atoms with Gasteiger partial charge in [0.15, 0.2) is 0 Å². The first-order chi connectivity index (χ1) is 9.95. The van der Waals surface area contributed by atoms with Crippen LogP contribution >= 0.6 is 0 Å². The van der Waals surface area contributed by atoms with E-state index in [0.717, 1.165) is 17.7 Å². The quantitative estimate of drug-likeness (QED) is 0.755. The van der Waals surface area contributed by atoms with E-state index in [9.17, 15) is 14.4 Å². The van der Waals surface area contributed by atoms with Crippen LogP contribution in [0.25, 0.3) is 0 Å². The Morgan fingerprint density at radius 2 is 2.10 bits per heavy atom. The van der Waals surface area contributed by atoms with Gasteiger partial charge in [-0.15, -0.1) is 0 Å². The minimum absolute atomic E-state index is 0.145. The number of rotatable bonds is 3. The lowest BCUT2D eigenvalue weighted by atomic mass is 10.2. The van der Waals surface area contributed by atoms with Gasteiger partial charge in [-0.25, -0.2) is 14.2 Å². The molecular weight excluding hydrogens is 279 g/mol. The lowest BCUT2D eigenvalue weighted by Gasteiger charge is -2.22. The lowest BCUT2D eigenvalue weighted by Crippen LogP contribution is -2.20. The number of hydrogen-bond acceptors (Lipinski definition) is 5. The smallest absolute Gasteiger partial charge is 0.324 e. The highest BCUT2D eigenvalue weighted by molar-refractivity contribution is 5.99. The van der Waals surface area contributed by atoms with Crippen LogP contribution in [-0.2, 0) is 0 Å². The van der Waals surface area contributed by atoms with Crippen molar-refractivity contribution in [1.29, 1.82) is 0 Å². The van der Waals surface area contributed by atoms with Crippen LogP contribution in [0.5, 0.6) is 0 Å². The molecule has 1 aromatic carbocycles. The van der Waals surface area contributed by atoms with Crippen LogP contribution in [0.4, 0.5) is 26.4 Å². The summed E-state index contributed by atoms with van der Waals surface area (Å²) in [5.74, 6) is -0.554. The summed E-state index contributed by atoms with van der Waals surface area (Å²) < 4.78 is 13.2. The van der Waals surface area contributed by atoms with Crippen LogP contribution in [0.2, 0.25) is 0 Å². The van der Waals surface area contributed by atoms with Gasteiger partial charge in [0.25, 0.3) is 0 Å².